The molecular formula is C23H21F4NO5. The zero-order valence-electron chi connectivity index (χ0n) is 17.6. The lowest BCUT2D eigenvalue weighted by Crippen LogP contribution is -2.10. The summed E-state index contributed by atoms with van der Waals surface area (Å²) in [6.45, 7) is -1.59. The summed E-state index contributed by atoms with van der Waals surface area (Å²) in [6, 6.07) is 10.8. The molecule has 0 amide bonds. The highest BCUT2D eigenvalue weighted by atomic mass is 19.3. The fraction of sp³-hybridized carbons (Fsp3) is 0.304. The summed E-state index contributed by atoms with van der Waals surface area (Å²) in [5.41, 5.74) is 1.16. The number of ether oxygens (including phenoxy) is 3. The van der Waals surface area contributed by atoms with Crippen molar-refractivity contribution in [2.45, 2.75) is 25.7 Å². The molecule has 3 rings (SSSR count). The van der Waals surface area contributed by atoms with Gasteiger partial charge in [0.25, 0.3) is 12.9 Å². The summed E-state index contributed by atoms with van der Waals surface area (Å²) >= 11 is 0. The fourth-order valence-corrected chi connectivity index (χ4v) is 2.98. The van der Waals surface area contributed by atoms with Crippen LogP contribution in [-0.4, -0.2) is 43.9 Å². The van der Waals surface area contributed by atoms with Gasteiger partial charge in [0.1, 0.15) is 25.2 Å². The van der Waals surface area contributed by atoms with Crippen molar-refractivity contribution < 1.29 is 41.0 Å². The van der Waals surface area contributed by atoms with Crippen LogP contribution in [0.4, 0.5) is 17.6 Å². The van der Waals surface area contributed by atoms with Crippen molar-refractivity contribution in [3.05, 3.63) is 60.0 Å². The Bertz CT molecular complexity index is 1070. The Labute approximate surface area is 187 Å². The maximum absolute atomic E-state index is 12.6. The van der Waals surface area contributed by atoms with Crippen molar-refractivity contribution >= 4 is 5.78 Å². The number of benzene rings is 2. The number of carbonyl (C=O) groups is 1. The molecule has 1 heterocycles. The van der Waals surface area contributed by atoms with Gasteiger partial charge < -0.3 is 18.6 Å². The third-order valence-corrected chi connectivity index (χ3v) is 4.49. The topological polar surface area (TPSA) is 70.8 Å². The van der Waals surface area contributed by atoms with E-state index in [2.05, 4.69) is 4.98 Å². The number of methoxy groups -OCH3 is 1. The third kappa shape index (κ3) is 6.71. The van der Waals surface area contributed by atoms with Crippen LogP contribution in [0, 0.1) is 0 Å². The van der Waals surface area contributed by atoms with E-state index < -0.39 is 26.1 Å². The molecule has 3 aromatic rings. The molecule has 0 unspecified atom stereocenters. The summed E-state index contributed by atoms with van der Waals surface area (Å²) < 4.78 is 70.5. The molecule has 0 atom stereocenters. The number of rotatable bonds is 12. The van der Waals surface area contributed by atoms with Crippen molar-refractivity contribution in [3.8, 4) is 28.7 Å². The highest BCUT2D eigenvalue weighted by Gasteiger charge is 2.16. The molecule has 0 aliphatic rings. The number of Topliss-reactive ketones (excluding diaryl/α,β-unsaturated/α-hetero) is 1. The van der Waals surface area contributed by atoms with Gasteiger partial charge in [-0.15, -0.1) is 0 Å². The van der Waals surface area contributed by atoms with E-state index in [1.165, 1.54) is 31.6 Å². The van der Waals surface area contributed by atoms with Crippen molar-refractivity contribution in [2.24, 2.45) is 0 Å². The van der Waals surface area contributed by atoms with Gasteiger partial charge in [0, 0.05) is 18.4 Å². The predicted octanol–water partition coefficient (Wildman–Crippen LogP) is 5.45. The average Bonchev–Trinajstić information content (AvgIpc) is 3.29. The maximum atomic E-state index is 12.6. The number of para-hydroxylation sites is 1. The van der Waals surface area contributed by atoms with E-state index in [1.807, 2.05) is 0 Å². The fourth-order valence-electron chi connectivity index (χ4n) is 2.98. The molecule has 1 aromatic heterocycles. The van der Waals surface area contributed by atoms with Crippen LogP contribution in [0.25, 0.3) is 11.5 Å². The first-order valence-electron chi connectivity index (χ1n) is 9.94. The lowest BCUT2D eigenvalue weighted by Gasteiger charge is -2.11. The number of aromatic nitrogens is 1. The molecule has 176 valence electrons. The second-order valence-corrected chi connectivity index (χ2v) is 6.83. The number of hydrogen-bond donors (Lipinski definition) is 0. The molecule has 0 aliphatic carbocycles. The summed E-state index contributed by atoms with van der Waals surface area (Å²) in [4.78, 5) is 16.9. The van der Waals surface area contributed by atoms with Crippen LogP contribution in [0.3, 0.4) is 0 Å². The molecule has 0 fully saturated rings. The number of halogens is 4. The van der Waals surface area contributed by atoms with Gasteiger partial charge in [-0.3, -0.25) is 4.79 Å². The Morgan fingerprint density at radius 1 is 0.970 bits per heavy atom. The number of alkyl halides is 4. The van der Waals surface area contributed by atoms with Crippen molar-refractivity contribution in [2.75, 3.05) is 20.3 Å². The molecular weight excluding hydrogens is 446 g/mol. The first-order chi connectivity index (χ1) is 15.9. The number of ketones is 1. The number of nitrogens with zero attached hydrogens (tertiary/aromatic N) is 1. The van der Waals surface area contributed by atoms with Crippen molar-refractivity contribution in [1.82, 2.24) is 4.98 Å². The second kappa shape index (κ2) is 11.3. The molecule has 0 bridgehead atoms. The summed E-state index contributed by atoms with van der Waals surface area (Å²) in [5.74, 6) is 0.410. The number of carbonyl (C=O) groups excluding carboxylic acids is 1. The monoisotopic (exact) mass is 467 g/mol. The van der Waals surface area contributed by atoms with Crippen LogP contribution in [0.1, 0.15) is 22.5 Å². The molecule has 33 heavy (non-hydrogen) atoms. The highest BCUT2D eigenvalue weighted by Crippen LogP contribution is 2.32. The van der Waals surface area contributed by atoms with Gasteiger partial charge in [0.05, 0.1) is 18.4 Å². The molecule has 2 aromatic carbocycles. The Balaban J connectivity index is 1.67. The van der Waals surface area contributed by atoms with Gasteiger partial charge >= 0.3 is 0 Å². The van der Waals surface area contributed by atoms with Gasteiger partial charge in [-0.1, -0.05) is 12.1 Å². The molecule has 0 spiro atoms. The summed E-state index contributed by atoms with van der Waals surface area (Å²) in [7, 11) is 1.39. The molecule has 6 nitrogen and oxygen atoms in total. The van der Waals surface area contributed by atoms with Crippen LogP contribution < -0.4 is 14.2 Å². The van der Waals surface area contributed by atoms with E-state index in [0.29, 0.717) is 11.3 Å². The van der Waals surface area contributed by atoms with Crippen LogP contribution in [-0.2, 0) is 6.42 Å². The van der Waals surface area contributed by atoms with Gasteiger partial charge in [0.2, 0.25) is 5.89 Å². The molecule has 0 aliphatic heterocycles. The standard InChI is InChI=1S/C23H21F4NO5/c1-30-19-9-6-14(10-20(19)32-13-22(26)27)23-28-15(11-33-23)7-8-17(29)16-4-2-3-5-18(16)31-12-21(24)25/h2-6,9-11,21-22H,7-8,12-13H2,1H3. The van der Waals surface area contributed by atoms with E-state index in [0.717, 1.165) is 0 Å². The van der Waals surface area contributed by atoms with Gasteiger partial charge in [-0.05, 0) is 30.3 Å². The normalized spacial score (nSPS) is 11.1. The van der Waals surface area contributed by atoms with E-state index in [1.54, 1.807) is 24.3 Å². The number of hydrogen-bond acceptors (Lipinski definition) is 6. The first-order valence-corrected chi connectivity index (χ1v) is 9.94. The smallest absolute Gasteiger partial charge is 0.272 e. The van der Waals surface area contributed by atoms with E-state index in [9.17, 15) is 22.4 Å². The van der Waals surface area contributed by atoms with Gasteiger partial charge in [-0.2, -0.15) is 0 Å². The Kier molecular flexibility index (Phi) is 8.28. The minimum atomic E-state index is -2.65. The third-order valence-electron chi connectivity index (χ3n) is 4.49. The molecule has 0 N–H and O–H groups in total. The minimum absolute atomic E-state index is 0.0480. The molecule has 10 heteroatoms. The first kappa shape index (κ1) is 24.1. The lowest BCUT2D eigenvalue weighted by atomic mass is 10.0. The van der Waals surface area contributed by atoms with Crippen molar-refractivity contribution in [1.29, 1.82) is 0 Å². The Morgan fingerprint density at radius 3 is 2.36 bits per heavy atom. The quantitative estimate of drug-likeness (QED) is 0.261. The zero-order chi connectivity index (χ0) is 23.8. The van der Waals surface area contributed by atoms with Crippen LogP contribution in [0.5, 0.6) is 17.2 Å². The second-order valence-electron chi connectivity index (χ2n) is 6.83. The zero-order valence-corrected chi connectivity index (χ0v) is 17.6. The minimum Gasteiger partial charge on any atom is -0.493 e. The maximum Gasteiger partial charge on any atom is 0.272 e. The lowest BCUT2D eigenvalue weighted by molar-refractivity contribution is 0.0799. The highest BCUT2D eigenvalue weighted by molar-refractivity contribution is 5.98. The van der Waals surface area contributed by atoms with Crippen LogP contribution in [0.15, 0.2) is 53.1 Å². The number of aryl methyl sites for hydroxylation is 1. The van der Waals surface area contributed by atoms with Crippen LogP contribution in [0.2, 0.25) is 0 Å². The molecule has 0 saturated carbocycles. The molecule has 0 radical (unpaired) electrons. The van der Waals surface area contributed by atoms with E-state index >= 15 is 0 Å². The van der Waals surface area contributed by atoms with E-state index in [-0.39, 0.29) is 47.3 Å². The van der Waals surface area contributed by atoms with Gasteiger partial charge in [0.15, 0.2) is 17.3 Å². The predicted molar refractivity (Wildman–Crippen MR) is 111 cm³/mol. The Morgan fingerprint density at radius 2 is 1.67 bits per heavy atom. The SMILES string of the molecule is COc1ccc(-c2nc(CCC(=O)c3ccccc3OCC(F)F)co2)cc1OCC(F)F. The van der Waals surface area contributed by atoms with Crippen LogP contribution >= 0.6 is 0 Å². The number of oxazole rings is 1. The van der Waals surface area contributed by atoms with Crippen molar-refractivity contribution in [3.63, 3.8) is 0 Å². The average molecular weight is 467 g/mol. The summed E-state index contributed by atoms with van der Waals surface area (Å²) in [5, 5.41) is 0. The largest absolute Gasteiger partial charge is 0.493 e. The Hall–Kier alpha value is -3.56. The van der Waals surface area contributed by atoms with Gasteiger partial charge in [-0.25, -0.2) is 22.5 Å². The molecule has 0 saturated heterocycles. The summed E-state index contributed by atoms with van der Waals surface area (Å²) in [6.07, 6.45) is -3.63. The van der Waals surface area contributed by atoms with E-state index in [4.69, 9.17) is 18.6 Å².